The van der Waals surface area contributed by atoms with E-state index in [1.54, 1.807) is 0 Å². The molecule has 2 atom stereocenters. The Morgan fingerprint density at radius 1 is 0.821 bits per heavy atom. The predicted molar refractivity (Wildman–Crippen MR) is 108 cm³/mol. The van der Waals surface area contributed by atoms with E-state index in [0.717, 1.165) is 16.6 Å². The molecule has 1 heterocycles. The molecule has 0 saturated carbocycles. The van der Waals surface area contributed by atoms with Gasteiger partial charge >= 0.3 is 0 Å². The predicted octanol–water partition coefficient (Wildman–Crippen LogP) is 3.56. The maximum absolute atomic E-state index is 10.9. The van der Waals surface area contributed by atoms with E-state index in [1.807, 2.05) is 89.5 Å². The smallest absolute Gasteiger partial charge is 0.143 e. The van der Waals surface area contributed by atoms with Crippen LogP contribution in [0.15, 0.2) is 84.9 Å². The molecule has 0 saturated heterocycles. The molecular weight excluding hydrogens is 352 g/mol. The Labute approximate surface area is 163 Å². The zero-order valence-electron chi connectivity index (χ0n) is 15.3. The number of ether oxygens (including phenoxy) is 1. The molecule has 0 bridgehead atoms. The third-order valence-corrected chi connectivity index (χ3v) is 4.62. The third kappa shape index (κ3) is 3.91. The summed E-state index contributed by atoms with van der Waals surface area (Å²) in [5.41, 5.74) is 2.41. The maximum Gasteiger partial charge on any atom is 0.143 e. The number of para-hydroxylation sites is 3. The molecule has 4 rings (SSSR count). The van der Waals surface area contributed by atoms with E-state index in [4.69, 9.17) is 4.74 Å². The fourth-order valence-electron chi connectivity index (χ4n) is 3.25. The molecule has 5 nitrogen and oxygen atoms in total. The number of hydrogen-bond acceptors (Lipinski definition) is 4. The average molecular weight is 374 g/mol. The van der Waals surface area contributed by atoms with E-state index in [-0.39, 0.29) is 13.2 Å². The highest BCUT2D eigenvalue weighted by molar-refractivity contribution is 5.76. The number of nitrogens with zero attached hydrogens (tertiary/aromatic N) is 2. The average Bonchev–Trinajstić information content (AvgIpc) is 3.11. The number of imidazole rings is 1. The van der Waals surface area contributed by atoms with Crippen LogP contribution in [0.1, 0.15) is 17.5 Å². The molecule has 0 aliphatic heterocycles. The van der Waals surface area contributed by atoms with Gasteiger partial charge in [0.2, 0.25) is 0 Å². The van der Waals surface area contributed by atoms with E-state index in [2.05, 4.69) is 4.98 Å². The van der Waals surface area contributed by atoms with Crippen molar-refractivity contribution in [1.29, 1.82) is 0 Å². The van der Waals surface area contributed by atoms with Crippen LogP contribution < -0.4 is 4.74 Å². The van der Waals surface area contributed by atoms with Crippen LogP contribution >= 0.6 is 0 Å². The van der Waals surface area contributed by atoms with Crippen LogP contribution in [-0.4, -0.2) is 32.5 Å². The van der Waals surface area contributed by atoms with Gasteiger partial charge in [-0.1, -0.05) is 60.7 Å². The highest BCUT2D eigenvalue weighted by Crippen LogP contribution is 2.26. The first-order valence-electron chi connectivity index (χ1n) is 9.26. The molecular formula is C23H22N2O3. The van der Waals surface area contributed by atoms with Gasteiger partial charge in [0.15, 0.2) is 0 Å². The molecule has 4 aromatic rings. The maximum atomic E-state index is 10.9. The first-order valence-corrected chi connectivity index (χ1v) is 9.26. The van der Waals surface area contributed by atoms with Gasteiger partial charge in [0.1, 0.15) is 30.4 Å². The van der Waals surface area contributed by atoms with Gasteiger partial charge in [-0.05, 0) is 29.8 Å². The van der Waals surface area contributed by atoms with Crippen molar-refractivity contribution >= 4 is 11.0 Å². The number of aliphatic hydroxyl groups excluding tert-OH is 2. The normalized spacial score (nSPS) is 13.4. The van der Waals surface area contributed by atoms with Gasteiger partial charge < -0.3 is 19.5 Å². The zero-order chi connectivity index (χ0) is 19.3. The first-order chi connectivity index (χ1) is 13.7. The molecule has 5 heteroatoms. The highest BCUT2D eigenvalue weighted by atomic mass is 16.5. The number of hydrogen-bond donors (Lipinski definition) is 2. The van der Waals surface area contributed by atoms with Crippen molar-refractivity contribution in [2.75, 3.05) is 6.61 Å². The fourth-order valence-corrected chi connectivity index (χ4v) is 3.25. The summed E-state index contributed by atoms with van der Waals surface area (Å²) in [7, 11) is 0. The van der Waals surface area contributed by atoms with Crippen molar-refractivity contribution in [3.63, 3.8) is 0 Å². The largest absolute Gasteiger partial charge is 0.491 e. The van der Waals surface area contributed by atoms with Crippen LogP contribution in [0.2, 0.25) is 0 Å². The molecule has 0 unspecified atom stereocenters. The number of rotatable bonds is 7. The molecule has 0 amide bonds. The fraction of sp³-hybridized carbons (Fsp3) is 0.174. The summed E-state index contributed by atoms with van der Waals surface area (Å²) in [5.74, 6) is 1.22. The summed E-state index contributed by atoms with van der Waals surface area (Å²) in [6, 6.07) is 26.5. The van der Waals surface area contributed by atoms with Crippen molar-refractivity contribution in [3.8, 4) is 5.75 Å². The van der Waals surface area contributed by atoms with Crippen LogP contribution in [0.4, 0.5) is 0 Å². The van der Waals surface area contributed by atoms with Gasteiger partial charge in [-0.2, -0.15) is 0 Å². The standard InChI is InChI=1S/C23H22N2O3/c26-18(16-28-19-11-5-2-6-12-19)15-25-21-14-8-7-13-20(21)24-23(25)22(27)17-9-3-1-4-10-17/h1-14,18,22,26-27H,15-16H2/t18-,22-/m1/s1. The van der Waals surface area contributed by atoms with Gasteiger partial charge in [-0.3, -0.25) is 0 Å². The SMILES string of the molecule is O[C@@H](COc1ccccc1)Cn1c([C@H](O)c2ccccc2)nc2ccccc21. The van der Waals surface area contributed by atoms with Gasteiger partial charge in [0, 0.05) is 0 Å². The molecule has 1 aromatic heterocycles. The molecule has 0 aliphatic rings. The van der Waals surface area contributed by atoms with Crippen molar-refractivity contribution in [1.82, 2.24) is 9.55 Å². The Morgan fingerprint density at radius 2 is 1.46 bits per heavy atom. The summed E-state index contributed by atoms with van der Waals surface area (Å²) in [5, 5.41) is 21.5. The van der Waals surface area contributed by atoms with Crippen molar-refractivity contribution in [2.24, 2.45) is 0 Å². The van der Waals surface area contributed by atoms with Gasteiger partial charge in [-0.15, -0.1) is 0 Å². The van der Waals surface area contributed by atoms with Crippen molar-refractivity contribution in [3.05, 3.63) is 96.3 Å². The second kappa shape index (κ2) is 8.25. The summed E-state index contributed by atoms with van der Waals surface area (Å²) in [4.78, 5) is 4.62. The topological polar surface area (TPSA) is 67.5 Å². The van der Waals surface area contributed by atoms with E-state index in [1.165, 1.54) is 0 Å². The Hall–Kier alpha value is -3.15. The van der Waals surface area contributed by atoms with Gasteiger partial charge in [-0.25, -0.2) is 4.98 Å². The van der Waals surface area contributed by atoms with Crippen LogP contribution in [0.25, 0.3) is 11.0 Å². The summed E-state index contributed by atoms with van der Waals surface area (Å²) in [6.45, 7) is 0.421. The second-order valence-electron chi connectivity index (χ2n) is 6.66. The Morgan fingerprint density at radius 3 is 2.21 bits per heavy atom. The van der Waals surface area contributed by atoms with E-state index >= 15 is 0 Å². The molecule has 0 radical (unpaired) electrons. The summed E-state index contributed by atoms with van der Waals surface area (Å²) >= 11 is 0. The van der Waals surface area contributed by atoms with Crippen LogP contribution in [0.3, 0.4) is 0 Å². The third-order valence-electron chi connectivity index (χ3n) is 4.62. The second-order valence-corrected chi connectivity index (χ2v) is 6.66. The molecule has 2 N–H and O–H groups in total. The summed E-state index contributed by atoms with van der Waals surface area (Å²) < 4.78 is 7.53. The number of benzene rings is 3. The number of fused-ring (bicyclic) bond motifs is 1. The summed E-state index contributed by atoms with van der Waals surface area (Å²) in [6.07, 6.45) is -1.63. The van der Waals surface area contributed by atoms with E-state index in [9.17, 15) is 10.2 Å². The lowest BCUT2D eigenvalue weighted by Gasteiger charge is -2.18. The van der Waals surface area contributed by atoms with Crippen LogP contribution in [0.5, 0.6) is 5.75 Å². The minimum atomic E-state index is -0.879. The van der Waals surface area contributed by atoms with E-state index in [0.29, 0.717) is 11.6 Å². The number of aromatic nitrogens is 2. The Bertz CT molecular complexity index is 1030. The van der Waals surface area contributed by atoms with Gasteiger partial charge in [0.25, 0.3) is 0 Å². The quantitative estimate of drug-likeness (QED) is 0.519. The lowest BCUT2D eigenvalue weighted by atomic mass is 10.1. The Balaban J connectivity index is 1.60. The Kier molecular flexibility index (Phi) is 5.37. The molecule has 0 aliphatic carbocycles. The number of aliphatic hydroxyl groups is 2. The van der Waals surface area contributed by atoms with Crippen LogP contribution in [-0.2, 0) is 6.54 Å². The minimum Gasteiger partial charge on any atom is -0.491 e. The monoisotopic (exact) mass is 374 g/mol. The van der Waals surface area contributed by atoms with Crippen molar-refractivity contribution in [2.45, 2.75) is 18.8 Å². The lowest BCUT2D eigenvalue weighted by molar-refractivity contribution is 0.0902. The zero-order valence-corrected chi connectivity index (χ0v) is 15.3. The van der Waals surface area contributed by atoms with Crippen molar-refractivity contribution < 1.29 is 14.9 Å². The minimum absolute atomic E-state index is 0.150. The molecule has 28 heavy (non-hydrogen) atoms. The van der Waals surface area contributed by atoms with E-state index < -0.39 is 12.2 Å². The lowest BCUT2D eigenvalue weighted by Crippen LogP contribution is -2.25. The molecule has 0 spiro atoms. The van der Waals surface area contributed by atoms with Gasteiger partial charge in [0.05, 0.1) is 17.6 Å². The molecule has 0 fully saturated rings. The highest BCUT2D eigenvalue weighted by Gasteiger charge is 2.21. The first kappa shape index (κ1) is 18.2. The molecule has 142 valence electrons. The molecule has 3 aromatic carbocycles. The van der Waals surface area contributed by atoms with Crippen LogP contribution in [0, 0.1) is 0 Å².